The van der Waals surface area contributed by atoms with Crippen LogP contribution in [-0.4, -0.2) is 19.8 Å². The smallest absolute Gasteiger partial charge is 0.444 e. The van der Waals surface area contributed by atoms with Crippen LogP contribution in [0.1, 0.15) is 0 Å². The zero-order valence-electron chi connectivity index (χ0n) is 11.7. The molecule has 0 saturated heterocycles. The highest BCUT2D eigenvalue weighted by Crippen LogP contribution is 2.28. The van der Waals surface area contributed by atoms with Gasteiger partial charge in [-0.15, -0.1) is 0 Å². The van der Waals surface area contributed by atoms with Crippen LogP contribution in [0.25, 0.3) is 5.69 Å². The standard InChI is InChI=1S/C14H8ClN3O6/c15-8-1-4-10(5-2-8)23-13-16-17(14(20)24-13)9-3-6-11(18(21)22)12(19)7-9/h1-7,19H. The number of hydrogen-bond donors (Lipinski definition) is 1. The zero-order chi connectivity index (χ0) is 17.3. The number of halogens is 1. The van der Waals surface area contributed by atoms with Crippen molar-refractivity contribution in [2.24, 2.45) is 0 Å². The average Bonchev–Trinajstić information content (AvgIpc) is 2.89. The number of aromatic nitrogens is 2. The molecule has 1 heterocycles. The first-order chi connectivity index (χ1) is 11.4. The molecule has 0 spiro atoms. The molecule has 3 rings (SSSR count). The second-order valence-corrected chi connectivity index (χ2v) is 4.97. The Labute approximate surface area is 138 Å². The van der Waals surface area contributed by atoms with Crippen LogP contribution in [0.15, 0.2) is 51.7 Å². The molecule has 9 nitrogen and oxygen atoms in total. The van der Waals surface area contributed by atoms with E-state index in [1.807, 2.05) is 0 Å². The van der Waals surface area contributed by atoms with Gasteiger partial charge in [0.15, 0.2) is 5.75 Å². The summed E-state index contributed by atoms with van der Waals surface area (Å²) in [6, 6.07) is 9.59. The number of rotatable bonds is 4. The Kier molecular flexibility index (Phi) is 3.92. The van der Waals surface area contributed by atoms with E-state index in [1.165, 1.54) is 6.07 Å². The molecule has 0 saturated carbocycles. The molecule has 0 bridgehead atoms. The van der Waals surface area contributed by atoms with Crippen molar-refractivity contribution in [3.05, 3.63) is 68.2 Å². The summed E-state index contributed by atoms with van der Waals surface area (Å²) >= 11 is 5.75. The van der Waals surface area contributed by atoms with Gasteiger partial charge in [0.2, 0.25) is 0 Å². The quantitative estimate of drug-likeness (QED) is 0.567. The predicted molar refractivity (Wildman–Crippen MR) is 81.9 cm³/mol. The minimum Gasteiger partial charge on any atom is -0.502 e. The van der Waals surface area contributed by atoms with Crippen LogP contribution in [0.2, 0.25) is 5.02 Å². The second kappa shape index (κ2) is 6.05. The number of nitro benzene ring substituents is 1. The zero-order valence-corrected chi connectivity index (χ0v) is 12.5. The first-order valence-electron chi connectivity index (χ1n) is 6.45. The molecule has 1 aromatic heterocycles. The van der Waals surface area contributed by atoms with E-state index in [-0.39, 0.29) is 11.8 Å². The minimum absolute atomic E-state index is 0.0813. The van der Waals surface area contributed by atoms with Gasteiger partial charge in [-0.25, -0.2) is 4.79 Å². The van der Waals surface area contributed by atoms with Gasteiger partial charge in [-0.05, 0) is 30.3 Å². The molecule has 0 unspecified atom stereocenters. The molecule has 0 fully saturated rings. The number of ether oxygens (including phenoxy) is 1. The molecule has 2 aromatic carbocycles. The number of benzene rings is 2. The van der Waals surface area contributed by atoms with Crippen molar-refractivity contribution in [2.45, 2.75) is 0 Å². The van der Waals surface area contributed by atoms with Crippen LogP contribution in [0.5, 0.6) is 17.6 Å². The Morgan fingerprint density at radius 3 is 2.58 bits per heavy atom. The van der Waals surface area contributed by atoms with Crippen LogP contribution >= 0.6 is 11.6 Å². The summed E-state index contributed by atoms with van der Waals surface area (Å²) in [5.41, 5.74) is -0.411. The van der Waals surface area contributed by atoms with Gasteiger partial charge < -0.3 is 14.3 Å². The first kappa shape index (κ1) is 15.6. The van der Waals surface area contributed by atoms with E-state index in [0.29, 0.717) is 10.8 Å². The Balaban J connectivity index is 1.91. The Hall–Kier alpha value is -3.33. The minimum atomic E-state index is -0.882. The predicted octanol–water partition coefficient (Wildman–Crippen LogP) is 2.89. The van der Waals surface area contributed by atoms with Crippen molar-refractivity contribution in [1.82, 2.24) is 9.78 Å². The van der Waals surface area contributed by atoms with Gasteiger partial charge in [-0.2, -0.15) is 4.68 Å². The van der Waals surface area contributed by atoms with Crippen molar-refractivity contribution < 1.29 is 19.2 Å². The molecule has 0 amide bonds. The second-order valence-electron chi connectivity index (χ2n) is 4.53. The number of phenols is 1. The largest absolute Gasteiger partial charge is 0.502 e. The van der Waals surface area contributed by atoms with Gasteiger partial charge in [-0.1, -0.05) is 16.7 Å². The van der Waals surface area contributed by atoms with Crippen molar-refractivity contribution in [3.63, 3.8) is 0 Å². The van der Waals surface area contributed by atoms with Crippen molar-refractivity contribution >= 4 is 17.3 Å². The molecule has 0 aliphatic rings. The van der Waals surface area contributed by atoms with Crippen LogP contribution in [0.3, 0.4) is 0 Å². The number of hydrogen-bond acceptors (Lipinski definition) is 7. The molecular weight excluding hydrogens is 342 g/mol. The summed E-state index contributed by atoms with van der Waals surface area (Å²) in [5, 5.41) is 24.6. The van der Waals surface area contributed by atoms with Gasteiger partial charge in [0, 0.05) is 17.2 Å². The summed E-state index contributed by atoms with van der Waals surface area (Å²) < 4.78 is 10.9. The normalized spacial score (nSPS) is 10.5. The maximum absolute atomic E-state index is 11.8. The SMILES string of the molecule is O=c1oc(Oc2ccc(Cl)cc2)nn1-c1ccc([N+](=O)[O-])c(O)c1. The van der Waals surface area contributed by atoms with Crippen LogP contribution < -0.4 is 10.5 Å². The van der Waals surface area contributed by atoms with E-state index in [9.17, 15) is 20.0 Å². The van der Waals surface area contributed by atoms with Crippen molar-refractivity contribution in [2.75, 3.05) is 0 Å². The number of nitrogens with zero attached hydrogens (tertiary/aromatic N) is 3. The first-order valence-corrected chi connectivity index (χ1v) is 6.83. The average molecular weight is 350 g/mol. The Bertz CT molecular complexity index is 963. The molecule has 0 aliphatic heterocycles. The third kappa shape index (κ3) is 3.06. The third-order valence-electron chi connectivity index (χ3n) is 2.95. The van der Waals surface area contributed by atoms with E-state index >= 15 is 0 Å². The topological polar surface area (TPSA) is 121 Å². The molecule has 0 atom stereocenters. The highest BCUT2D eigenvalue weighted by Gasteiger charge is 2.17. The fourth-order valence-corrected chi connectivity index (χ4v) is 1.99. The summed E-state index contributed by atoms with van der Waals surface area (Å²) in [6.45, 7) is 0. The monoisotopic (exact) mass is 349 g/mol. The van der Waals surface area contributed by atoms with Crippen LogP contribution in [0, 0.1) is 10.1 Å². The third-order valence-corrected chi connectivity index (χ3v) is 3.20. The maximum atomic E-state index is 11.8. The maximum Gasteiger partial charge on any atom is 0.444 e. The van der Waals surface area contributed by atoms with Crippen LogP contribution in [0.4, 0.5) is 5.69 Å². The van der Waals surface area contributed by atoms with E-state index in [4.69, 9.17) is 20.8 Å². The molecule has 1 N–H and O–H groups in total. The summed E-state index contributed by atoms with van der Waals surface area (Å²) in [7, 11) is 0. The molecule has 0 aliphatic carbocycles. The Morgan fingerprint density at radius 2 is 1.96 bits per heavy atom. The lowest BCUT2D eigenvalue weighted by Gasteiger charge is -2.01. The lowest BCUT2D eigenvalue weighted by Crippen LogP contribution is -2.13. The van der Waals surface area contributed by atoms with Gasteiger partial charge in [0.05, 0.1) is 10.6 Å². The number of aromatic hydroxyl groups is 1. The summed E-state index contributed by atoms with van der Waals surface area (Å²) in [6.07, 6.45) is -0.333. The highest BCUT2D eigenvalue weighted by atomic mass is 35.5. The molecular formula is C14H8ClN3O6. The van der Waals surface area contributed by atoms with Gasteiger partial charge in [-0.3, -0.25) is 10.1 Å². The molecule has 10 heteroatoms. The summed E-state index contributed by atoms with van der Waals surface area (Å²) in [5.74, 6) is -1.14. The fraction of sp³-hybridized carbons (Fsp3) is 0. The number of nitro groups is 1. The van der Waals surface area contributed by atoms with Gasteiger partial charge in [0.1, 0.15) is 5.75 Å². The molecule has 3 aromatic rings. The van der Waals surface area contributed by atoms with E-state index < -0.39 is 22.1 Å². The lowest BCUT2D eigenvalue weighted by molar-refractivity contribution is -0.385. The van der Waals surface area contributed by atoms with E-state index in [0.717, 1.165) is 16.8 Å². The van der Waals surface area contributed by atoms with E-state index in [2.05, 4.69) is 5.10 Å². The molecule has 0 radical (unpaired) electrons. The highest BCUT2D eigenvalue weighted by molar-refractivity contribution is 6.30. The lowest BCUT2D eigenvalue weighted by atomic mass is 10.2. The Morgan fingerprint density at radius 1 is 1.25 bits per heavy atom. The van der Waals surface area contributed by atoms with Gasteiger partial charge >= 0.3 is 17.5 Å². The van der Waals surface area contributed by atoms with Crippen molar-refractivity contribution in [3.8, 4) is 23.3 Å². The number of phenolic OH excluding ortho intramolecular Hbond substituents is 1. The fourth-order valence-electron chi connectivity index (χ4n) is 1.87. The van der Waals surface area contributed by atoms with Crippen LogP contribution in [-0.2, 0) is 0 Å². The van der Waals surface area contributed by atoms with Crippen molar-refractivity contribution in [1.29, 1.82) is 0 Å². The molecule has 122 valence electrons. The molecule has 24 heavy (non-hydrogen) atoms. The summed E-state index contributed by atoms with van der Waals surface area (Å²) in [4.78, 5) is 21.8. The van der Waals surface area contributed by atoms with E-state index in [1.54, 1.807) is 24.3 Å². The van der Waals surface area contributed by atoms with Gasteiger partial charge in [0.25, 0.3) is 0 Å².